The van der Waals surface area contributed by atoms with E-state index in [0.29, 0.717) is 23.9 Å². The monoisotopic (exact) mass is 860 g/mol. The van der Waals surface area contributed by atoms with Crippen LogP contribution >= 0.6 is 0 Å². The summed E-state index contributed by atoms with van der Waals surface area (Å²) in [5.41, 5.74) is 0. The number of nitrogens with zero attached hydrogens (tertiary/aromatic N) is 1. The van der Waals surface area contributed by atoms with Crippen LogP contribution in [0.4, 0.5) is 0 Å². The van der Waals surface area contributed by atoms with Gasteiger partial charge in [0.05, 0.1) is 40.3 Å². The van der Waals surface area contributed by atoms with Crippen molar-refractivity contribution in [2.75, 3.05) is 47.5 Å². The van der Waals surface area contributed by atoms with Crippen LogP contribution in [0.3, 0.4) is 0 Å². The van der Waals surface area contributed by atoms with Gasteiger partial charge in [-0.2, -0.15) is 0 Å². The van der Waals surface area contributed by atoms with E-state index in [0.717, 1.165) is 70.6 Å². The van der Waals surface area contributed by atoms with Gasteiger partial charge in [-0.25, -0.2) is 0 Å². The molecule has 2 unspecified atom stereocenters. The van der Waals surface area contributed by atoms with Crippen molar-refractivity contribution >= 4 is 17.9 Å². The first-order chi connectivity index (χ1) is 29.6. The zero-order chi connectivity index (χ0) is 44.9. The number of allylic oxidation sites excluding steroid dienone is 8. The maximum atomic E-state index is 12.8. The molecule has 2 atom stereocenters. The van der Waals surface area contributed by atoms with Crippen molar-refractivity contribution in [2.24, 2.45) is 0 Å². The highest BCUT2D eigenvalue weighted by Gasteiger charge is 2.21. The van der Waals surface area contributed by atoms with Gasteiger partial charge in [-0.15, -0.1) is 0 Å². The van der Waals surface area contributed by atoms with Crippen molar-refractivity contribution in [2.45, 2.75) is 219 Å². The van der Waals surface area contributed by atoms with Crippen LogP contribution in [0, 0.1) is 0 Å². The number of esters is 2. The van der Waals surface area contributed by atoms with E-state index >= 15 is 0 Å². The summed E-state index contributed by atoms with van der Waals surface area (Å²) < 4.78 is 22.6. The molecule has 0 aliphatic heterocycles. The standard InChI is InChI=1S/C52H93NO8/c1-6-8-10-12-14-16-18-20-22-23-24-25-26-27-29-31-33-35-37-39-41-43-50(55)61-48(47-60-52(51(56)57)58-45-44-53(3,4)5)46-59-49(54)42-40-38-36-34-32-30-28-21-19-17-15-13-11-9-7-2/h8,10,14,16,20,22,24-25,48,52H,6-7,9,11-13,15,17-19,21,23,26-47H2,1-5H3/b10-8-,16-14-,22-20-,25-24-. The molecule has 61 heavy (non-hydrogen) atoms. The number of carbonyl (C=O) groups is 3. The molecule has 0 bridgehead atoms. The summed E-state index contributed by atoms with van der Waals surface area (Å²) in [7, 11) is 5.91. The fourth-order valence-electron chi connectivity index (χ4n) is 6.76. The minimum atomic E-state index is -1.62. The fourth-order valence-corrected chi connectivity index (χ4v) is 6.76. The van der Waals surface area contributed by atoms with Crippen LogP contribution in [-0.2, 0) is 33.3 Å². The van der Waals surface area contributed by atoms with Gasteiger partial charge in [0.1, 0.15) is 13.2 Å². The lowest BCUT2D eigenvalue weighted by Gasteiger charge is -2.26. The molecule has 9 nitrogen and oxygen atoms in total. The molecule has 0 heterocycles. The van der Waals surface area contributed by atoms with Crippen LogP contribution in [0.2, 0.25) is 0 Å². The van der Waals surface area contributed by atoms with Gasteiger partial charge in [-0.3, -0.25) is 9.59 Å². The molecule has 0 rings (SSSR count). The Bertz CT molecular complexity index is 1140. The molecule has 0 spiro atoms. The maximum absolute atomic E-state index is 12.8. The van der Waals surface area contributed by atoms with Gasteiger partial charge in [-0.05, 0) is 51.4 Å². The van der Waals surface area contributed by atoms with Gasteiger partial charge in [0.15, 0.2) is 12.4 Å². The van der Waals surface area contributed by atoms with E-state index in [9.17, 15) is 19.5 Å². The first-order valence-electron chi connectivity index (χ1n) is 24.8. The van der Waals surface area contributed by atoms with Crippen molar-refractivity contribution in [3.05, 3.63) is 48.6 Å². The molecule has 0 aromatic rings. The third-order valence-corrected chi connectivity index (χ3v) is 10.6. The molecular weight excluding hydrogens is 767 g/mol. The Balaban J connectivity index is 4.37. The van der Waals surface area contributed by atoms with Crippen LogP contribution in [-0.4, -0.2) is 82.3 Å². The molecular formula is C52H93NO8. The van der Waals surface area contributed by atoms with Crippen LogP contribution in [0.25, 0.3) is 0 Å². The van der Waals surface area contributed by atoms with Gasteiger partial charge in [0.2, 0.25) is 0 Å². The molecule has 9 heteroatoms. The minimum Gasteiger partial charge on any atom is -0.545 e. The van der Waals surface area contributed by atoms with Crippen LogP contribution in [0.15, 0.2) is 48.6 Å². The number of hydrogen-bond donors (Lipinski definition) is 0. The zero-order valence-corrected chi connectivity index (χ0v) is 40.0. The fraction of sp³-hybridized carbons (Fsp3) is 0.788. The smallest absolute Gasteiger partial charge is 0.306 e. The number of hydrogen-bond acceptors (Lipinski definition) is 8. The predicted molar refractivity (Wildman–Crippen MR) is 251 cm³/mol. The SMILES string of the molecule is CC/C=C\C/C=C\C/C=C\C/C=C\CCCCCCCCCCC(=O)OC(COC(=O)CCCCCCCCCCCCCCCCC)COC(OCC[N+](C)(C)C)C(=O)[O-]. The maximum Gasteiger partial charge on any atom is 0.306 e. The molecule has 0 N–H and O–H groups in total. The average Bonchev–Trinajstić information content (AvgIpc) is 3.22. The lowest BCUT2D eigenvalue weighted by atomic mass is 10.0. The summed E-state index contributed by atoms with van der Waals surface area (Å²) >= 11 is 0. The number of rotatable bonds is 45. The number of unbranched alkanes of at least 4 members (excludes halogenated alkanes) is 22. The van der Waals surface area contributed by atoms with Gasteiger partial charge in [0, 0.05) is 12.8 Å². The molecule has 0 aliphatic rings. The van der Waals surface area contributed by atoms with Crippen molar-refractivity contribution in [1.82, 2.24) is 0 Å². The quantitative estimate of drug-likeness (QED) is 0.0196. The topological polar surface area (TPSA) is 111 Å². The third kappa shape index (κ3) is 45.1. The number of carbonyl (C=O) groups excluding carboxylic acids is 3. The minimum absolute atomic E-state index is 0.146. The Morgan fingerprint density at radius 1 is 0.508 bits per heavy atom. The molecule has 0 aromatic carbocycles. The summed E-state index contributed by atoms with van der Waals surface area (Å²) in [6, 6.07) is 0. The summed E-state index contributed by atoms with van der Waals surface area (Å²) in [6.45, 7) is 4.63. The molecule has 0 radical (unpaired) electrons. The molecule has 0 aromatic heterocycles. The summed E-state index contributed by atoms with van der Waals surface area (Å²) in [4.78, 5) is 37.1. The van der Waals surface area contributed by atoms with Crippen LogP contribution in [0.1, 0.15) is 206 Å². The third-order valence-electron chi connectivity index (χ3n) is 10.6. The van der Waals surface area contributed by atoms with Gasteiger partial charge < -0.3 is 33.3 Å². The van der Waals surface area contributed by atoms with E-state index < -0.39 is 24.3 Å². The molecule has 0 saturated heterocycles. The highest BCUT2D eigenvalue weighted by Crippen LogP contribution is 2.15. The second-order valence-corrected chi connectivity index (χ2v) is 17.7. The van der Waals surface area contributed by atoms with Crippen LogP contribution < -0.4 is 5.11 Å². The summed E-state index contributed by atoms with van der Waals surface area (Å²) in [6.07, 6.45) is 48.5. The molecule has 0 aliphatic carbocycles. The van der Waals surface area contributed by atoms with Crippen molar-refractivity contribution < 1.29 is 42.9 Å². The summed E-state index contributed by atoms with van der Waals surface area (Å²) in [5.74, 6) is -2.29. The summed E-state index contributed by atoms with van der Waals surface area (Å²) in [5, 5.41) is 11.7. The number of carboxylic acids is 1. The van der Waals surface area contributed by atoms with Gasteiger partial charge in [0.25, 0.3) is 0 Å². The van der Waals surface area contributed by atoms with Gasteiger partial charge >= 0.3 is 11.9 Å². The first kappa shape index (κ1) is 58.2. The van der Waals surface area contributed by atoms with Gasteiger partial charge in [-0.1, -0.05) is 191 Å². The van der Waals surface area contributed by atoms with Crippen molar-refractivity contribution in [3.8, 4) is 0 Å². The average molecular weight is 860 g/mol. The lowest BCUT2D eigenvalue weighted by Crippen LogP contribution is -2.44. The van der Waals surface area contributed by atoms with E-state index in [1.54, 1.807) is 0 Å². The highest BCUT2D eigenvalue weighted by molar-refractivity contribution is 5.70. The predicted octanol–water partition coefficient (Wildman–Crippen LogP) is 12.2. The van der Waals surface area contributed by atoms with E-state index in [-0.39, 0.29) is 32.2 Å². The van der Waals surface area contributed by atoms with Crippen molar-refractivity contribution in [1.29, 1.82) is 0 Å². The molecule has 0 fully saturated rings. The van der Waals surface area contributed by atoms with E-state index in [1.165, 1.54) is 103 Å². The number of likely N-dealkylation sites (N-methyl/N-ethyl adjacent to an activating group) is 1. The highest BCUT2D eigenvalue weighted by atomic mass is 16.7. The number of quaternary nitrogens is 1. The Morgan fingerprint density at radius 3 is 1.39 bits per heavy atom. The normalized spacial score (nSPS) is 13.3. The number of ether oxygens (including phenoxy) is 4. The zero-order valence-electron chi connectivity index (χ0n) is 40.0. The van der Waals surface area contributed by atoms with Crippen molar-refractivity contribution in [3.63, 3.8) is 0 Å². The number of carboxylic acid groups (broad SMARTS) is 1. The number of aliphatic carboxylic acids is 1. The Kier molecular flexibility index (Phi) is 41.9. The van der Waals surface area contributed by atoms with E-state index in [4.69, 9.17) is 18.9 Å². The van der Waals surface area contributed by atoms with Crippen LogP contribution in [0.5, 0.6) is 0 Å². The second-order valence-electron chi connectivity index (χ2n) is 17.7. The molecule has 0 saturated carbocycles. The Morgan fingerprint density at radius 2 is 0.934 bits per heavy atom. The molecule has 0 amide bonds. The lowest BCUT2D eigenvalue weighted by molar-refractivity contribution is -0.870. The Labute approximate surface area is 374 Å². The first-order valence-corrected chi connectivity index (χ1v) is 24.8. The van der Waals surface area contributed by atoms with E-state index in [2.05, 4.69) is 62.5 Å². The molecule has 354 valence electrons. The largest absolute Gasteiger partial charge is 0.545 e. The second kappa shape index (κ2) is 43.9. The van der Waals surface area contributed by atoms with E-state index in [1.807, 2.05) is 21.1 Å². The Hall–Kier alpha value is -2.75.